The molecule has 31 heavy (non-hydrogen) atoms. The van der Waals surface area contributed by atoms with Crippen molar-refractivity contribution in [2.75, 3.05) is 5.75 Å². The molecule has 1 aromatic carbocycles. The first kappa shape index (κ1) is 21.5. The lowest BCUT2D eigenvalue weighted by atomic mass is 9.70. The molecule has 162 valence electrons. The zero-order valence-electron chi connectivity index (χ0n) is 17.9. The molecule has 0 amide bonds. The first-order valence-electron chi connectivity index (χ1n) is 10.4. The largest absolute Gasteiger partial charge is 0.299 e. The van der Waals surface area contributed by atoms with Gasteiger partial charge in [0.1, 0.15) is 11.9 Å². The van der Waals surface area contributed by atoms with Crippen molar-refractivity contribution in [3.8, 4) is 6.07 Å². The Morgan fingerprint density at radius 1 is 1.32 bits per heavy atom. The Labute approximate surface area is 183 Å². The summed E-state index contributed by atoms with van der Waals surface area (Å²) in [6.45, 7) is 5.90. The highest BCUT2D eigenvalue weighted by atomic mass is 32.2. The summed E-state index contributed by atoms with van der Waals surface area (Å²) in [6, 6.07) is 9.74. The van der Waals surface area contributed by atoms with Crippen LogP contribution in [-0.4, -0.2) is 20.0 Å². The molecule has 0 saturated heterocycles. The number of carbonyl (C=O) groups is 1. The fraction of sp³-hybridized carbons (Fsp3) is 0.417. The van der Waals surface area contributed by atoms with E-state index in [0.717, 1.165) is 17.5 Å². The number of benzene rings is 1. The standard InChI is InChI=1S/C24H26N2O4S/c1-16-7-4-5-8-18(16)20(14-25)19-9-6-10-21(19)26-30-31(28,29)15-24-12-11-17(13-22(24)27)23(24,2)3/h4-10,17,26H,11-13,15H2,1-3H3/b20-19-. The van der Waals surface area contributed by atoms with Gasteiger partial charge in [-0.25, -0.2) is 5.48 Å². The third-order valence-electron chi connectivity index (χ3n) is 7.45. The van der Waals surface area contributed by atoms with E-state index in [4.69, 9.17) is 4.28 Å². The minimum absolute atomic E-state index is 0.0228. The lowest BCUT2D eigenvalue weighted by Gasteiger charge is -2.35. The van der Waals surface area contributed by atoms with Crippen molar-refractivity contribution < 1.29 is 17.5 Å². The highest BCUT2D eigenvalue weighted by Gasteiger charge is 2.65. The molecule has 3 aliphatic carbocycles. The normalized spacial score (nSPS) is 27.9. The van der Waals surface area contributed by atoms with Crippen LogP contribution >= 0.6 is 0 Å². The molecule has 1 aromatic rings. The smallest absolute Gasteiger partial charge is 0.288 e. The Kier molecular flexibility index (Phi) is 5.19. The van der Waals surface area contributed by atoms with E-state index >= 15 is 0 Å². The van der Waals surface area contributed by atoms with E-state index in [9.17, 15) is 18.5 Å². The van der Waals surface area contributed by atoms with Crippen molar-refractivity contribution in [2.45, 2.75) is 40.0 Å². The van der Waals surface area contributed by atoms with Gasteiger partial charge in [0.25, 0.3) is 10.1 Å². The maximum Gasteiger partial charge on any atom is 0.288 e. The van der Waals surface area contributed by atoms with E-state index in [0.29, 0.717) is 29.7 Å². The zero-order valence-corrected chi connectivity index (χ0v) is 18.8. The van der Waals surface area contributed by atoms with Gasteiger partial charge in [0.2, 0.25) is 0 Å². The summed E-state index contributed by atoms with van der Waals surface area (Å²) < 4.78 is 30.9. The van der Waals surface area contributed by atoms with E-state index in [1.54, 1.807) is 18.2 Å². The van der Waals surface area contributed by atoms with Crippen molar-refractivity contribution in [1.29, 1.82) is 5.26 Å². The number of Topliss-reactive ketones (excluding diaryl/α,β-unsaturated/α-hetero) is 1. The van der Waals surface area contributed by atoms with Crippen LogP contribution in [-0.2, 0) is 19.2 Å². The first-order valence-corrected chi connectivity index (χ1v) is 12.0. The number of hydrogen-bond acceptors (Lipinski definition) is 6. The molecule has 0 radical (unpaired) electrons. The van der Waals surface area contributed by atoms with Crippen molar-refractivity contribution in [3.63, 3.8) is 0 Å². The van der Waals surface area contributed by atoms with E-state index < -0.39 is 15.5 Å². The van der Waals surface area contributed by atoms with Crippen molar-refractivity contribution in [2.24, 2.45) is 16.7 Å². The van der Waals surface area contributed by atoms with Gasteiger partial charge in [-0.1, -0.05) is 50.3 Å². The SMILES string of the molecule is Cc1ccccc1/C(C#N)=C1/C=CC=C1NOS(=O)(=O)CC12CCC(CC1=O)C2(C)C. The summed E-state index contributed by atoms with van der Waals surface area (Å²) in [5.74, 6) is -0.0841. The van der Waals surface area contributed by atoms with Crippen molar-refractivity contribution in [3.05, 3.63) is 64.9 Å². The molecule has 0 aromatic heterocycles. The van der Waals surface area contributed by atoms with Crippen LogP contribution in [0.25, 0.3) is 5.57 Å². The number of hydroxylamine groups is 1. The van der Waals surface area contributed by atoms with Crippen LogP contribution in [0.5, 0.6) is 0 Å². The summed E-state index contributed by atoms with van der Waals surface area (Å²) in [7, 11) is -4.04. The molecule has 2 unspecified atom stereocenters. The third kappa shape index (κ3) is 3.44. The molecular formula is C24H26N2O4S. The summed E-state index contributed by atoms with van der Waals surface area (Å²) in [6.07, 6.45) is 7.02. The molecule has 7 heteroatoms. The van der Waals surface area contributed by atoms with Gasteiger partial charge < -0.3 is 0 Å². The molecule has 2 atom stereocenters. The molecule has 2 fully saturated rings. The van der Waals surface area contributed by atoms with Crippen molar-refractivity contribution in [1.82, 2.24) is 5.48 Å². The van der Waals surface area contributed by atoms with Crippen LogP contribution in [0.2, 0.25) is 0 Å². The molecule has 6 nitrogen and oxygen atoms in total. The maximum absolute atomic E-state index is 12.9. The number of carbonyl (C=O) groups excluding carboxylic acids is 1. The Balaban J connectivity index is 1.55. The number of aryl methyl sites for hydroxylation is 1. The second-order valence-corrected chi connectivity index (χ2v) is 10.8. The zero-order chi connectivity index (χ0) is 22.4. The van der Waals surface area contributed by atoms with Crippen molar-refractivity contribution >= 4 is 21.5 Å². The van der Waals surface area contributed by atoms with Crippen LogP contribution in [0, 0.1) is 35.0 Å². The third-order valence-corrected chi connectivity index (χ3v) is 8.64. The van der Waals surface area contributed by atoms with Gasteiger partial charge in [0.15, 0.2) is 0 Å². The van der Waals surface area contributed by atoms with Gasteiger partial charge >= 0.3 is 0 Å². The molecule has 0 spiro atoms. The molecule has 2 bridgehead atoms. The van der Waals surface area contributed by atoms with Gasteiger partial charge in [-0.15, -0.1) is 0 Å². The average Bonchev–Trinajstić information content (AvgIpc) is 3.31. The number of nitrogens with one attached hydrogen (secondary N) is 1. The van der Waals surface area contributed by atoms with Crippen LogP contribution in [0.15, 0.2) is 53.8 Å². The summed E-state index contributed by atoms with van der Waals surface area (Å²) in [5.41, 5.74) is 4.38. The Hall–Kier alpha value is -2.69. The molecule has 2 saturated carbocycles. The van der Waals surface area contributed by atoms with Gasteiger partial charge in [-0.05, 0) is 48.3 Å². The first-order chi connectivity index (χ1) is 14.6. The molecule has 4 rings (SSSR count). The van der Waals surface area contributed by atoms with Gasteiger partial charge in [0, 0.05) is 12.0 Å². The molecule has 0 aliphatic heterocycles. The number of hydrogen-bond donors (Lipinski definition) is 1. The lowest BCUT2D eigenvalue weighted by molar-refractivity contribution is -0.128. The second kappa shape index (κ2) is 7.47. The number of rotatable bonds is 6. The number of ketones is 1. The predicted octanol–water partition coefficient (Wildman–Crippen LogP) is 3.97. The Morgan fingerprint density at radius 2 is 2.06 bits per heavy atom. The monoisotopic (exact) mass is 438 g/mol. The number of nitriles is 1. The fourth-order valence-electron chi connectivity index (χ4n) is 5.39. The van der Waals surface area contributed by atoms with E-state index in [1.165, 1.54) is 0 Å². The van der Waals surface area contributed by atoms with Crippen LogP contribution in [0.4, 0.5) is 0 Å². The number of allylic oxidation sites excluding steroid dienone is 4. The van der Waals surface area contributed by atoms with Gasteiger partial charge in [-0.3, -0.25) is 4.79 Å². The van der Waals surface area contributed by atoms with Gasteiger partial charge in [-0.2, -0.15) is 18.0 Å². The Morgan fingerprint density at radius 3 is 2.68 bits per heavy atom. The lowest BCUT2D eigenvalue weighted by Crippen LogP contribution is -2.43. The Bertz CT molecular complexity index is 1180. The van der Waals surface area contributed by atoms with Crippen LogP contribution in [0.1, 0.15) is 44.2 Å². The molecular weight excluding hydrogens is 412 g/mol. The topological polar surface area (TPSA) is 96.3 Å². The van der Waals surface area contributed by atoms with Crippen LogP contribution < -0.4 is 5.48 Å². The fourth-order valence-corrected chi connectivity index (χ4v) is 6.95. The second-order valence-electron chi connectivity index (χ2n) is 9.21. The highest BCUT2D eigenvalue weighted by Crippen LogP contribution is 2.64. The average molecular weight is 439 g/mol. The minimum Gasteiger partial charge on any atom is -0.299 e. The van der Waals surface area contributed by atoms with E-state index in [-0.39, 0.29) is 22.9 Å². The minimum atomic E-state index is -4.04. The quantitative estimate of drug-likeness (QED) is 0.533. The van der Waals surface area contributed by atoms with E-state index in [2.05, 4.69) is 11.5 Å². The number of fused-ring (bicyclic) bond motifs is 2. The van der Waals surface area contributed by atoms with E-state index in [1.807, 2.05) is 45.0 Å². The molecule has 1 N–H and O–H groups in total. The summed E-state index contributed by atoms with van der Waals surface area (Å²) in [5, 5.41) is 9.76. The van der Waals surface area contributed by atoms with Crippen LogP contribution in [0.3, 0.4) is 0 Å². The van der Waals surface area contributed by atoms with Gasteiger partial charge in [0.05, 0.1) is 22.4 Å². The molecule has 3 aliphatic rings. The highest BCUT2D eigenvalue weighted by molar-refractivity contribution is 7.86. The molecule has 0 heterocycles. The predicted molar refractivity (Wildman–Crippen MR) is 118 cm³/mol. The maximum atomic E-state index is 12.9. The summed E-state index contributed by atoms with van der Waals surface area (Å²) in [4.78, 5) is 12.7. The number of nitrogens with zero attached hydrogens (tertiary/aromatic N) is 1. The summed E-state index contributed by atoms with van der Waals surface area (Å²) >= 11 is 0.